The molecule has 0 spiro atoms. The molecule has 0 radical (unpaired) electrons. The number of amides is 1. The molecule has 0 aliphatic rings. The fourth-order valence-electron chi connectivity index (χ4n) is 2.77. The summed E-state index contributed by atoms with van der Waals surface area (Å²) in [6, 6.07) is 7.06. The summed E-state index contributed by atoms with van der Waals surface area (Å²) >= 11 is 1.46. The number of carbonyl (C=O) groups excluding carboxylic acids is 1. The summed E-state index contributed by atoms with van der Waals surface area (Å²) in [5.41, 5.74) is 0.711. The van der Waals surface area contributed by atoms with Gasteiger partial charge < -0.3 is 24.8 Å². The fourth-order valence-corrected chi connectivity index (χ4v) is 3.13. The van der Waals surface area contributed by atoms with Gasteiger partial charge in [0.1, 0.15) is 17.3 Å². The first-order valence-corrected chi connectivity index (χ1v) is 10.9. The number of anilines is 1. The highest BCUT2D eigenvalue weighted by molar-refractivity contribution is 7.98. The van der Waals surface area contributed by atoms with E-state index in [4.69, 9.17) is 14.2 Å². The van der Waals surface area contributed by atoms with E-state index in [0.29, 0.717) is 42.8 Å². The summed E-state index contributed by atoms with van der Waals surface area (Å²) in [5, 5.41) is 12.0. The molecule has 1 amide bonds. The molecule has 0 fully saturated rings. The lowest BCUT2D eigenvalue weighted by atomic mass is 10.3. The van der Waals surface area contributed by atoms with E-state index in [1.165, 1.54) is 11.8 Å². The summed E-state index contributed by atoms with van der Waals surface area (Å²) in [6.45, 7) is 2.00. The zero-order valence-corrected chi connectivity index (χ0v) is 18.6. The van der Waals surface area contributed by atoms with Crippen LogP contribution in [-0.2, 0) is 16.1 Å². The number of nitrogens with zero attached hydrogens (tertiary/aromatic N) is 4. The van der Waals surface area contributed by atoms with Crippen LogP contribution in [0, 0.1) is 0 Å². The highest BCUT2D eigenvalue weighted by Gasteiger charge is 2.13. The number of hydrogen-bond acceptors (Lipinski definition) is 9. The van der Waals surface area contributed by atoms with Crippen LogP contribution in [-0.4, -0.2) is 72.4 Å². The Morgan fingerprint density at radius 2 is 1.90 bits per heavy atom. The van der Waals surface area contributed by atoms with Gasteiger partial charge in [0.2, 0.25) is 0 Å². The maximum absolute atomic E-state index is 12.1. The monoisotopic (exact) mass is 446 g/mol. The van der Waals surface area contributed by atoms with Crippen molar-refractivity contribution in [2.24, 2.45) is 0 Å². The van der Waals surface area contributed by atoms with Gasteiger partial charge in [0.25, 0.3) is 5.91 Å². The summed E-state index contributed by atoms with van der Waals surface area (Å²) in [5.74, 6) is 1.83. The first-order chi connectivity index (χ1) is 15.1. The van der Waals surface area contributed by atoms with Crippen molar-refractivity contribution in [3.63, 3.8) is 0 Å². The average Bonchev–Trinajstić information content (AvgIpc) is 3.21. The smallest absolute Gasteiger partial charge is 0.258 e. The SMILES string of the molecule is COCCNc1nc(SC)nc2c1cnn2CCNC(=O)COc1ccc(OC)cc1. The number of hydrogen-bond donors (Lipinski definition) is 2. The Bertz CT molecular complexity index is 995. The van der Waals surface area contributed by atoms with Crippen LogP contribution in [0.3, 0.4) is 0 Å². The Morgan fingerprint density at radius 1 is 1.13 bits per heavy atom. The molecule has 3 aromatic rings. The fraction of sp³-hybridized carbons (Fsp3) is 0.400. The average molecular weight is 447 g/mol. The van der Waals surface area contributed by atoms with Gasteiger partial charge in [-0.05, 0) is 30.5 Å². The molecule has 0 aliphatic heterocycles. The van der Waals surface area contributed by atoms with Crippen molar-refractivity contribution in [3.05, 3.63) is 30.5 Å². The Kier molecular flexibility index (Phi) is 8.30. The summed E-state index contributed by atoms with van der Waals surface area (Å²) < 4.78 is 17.4. The van der Waals surface area contributed by atoms with Crippen LogP contribution in [0.2, 0.25) is 0 Å². The Labute approximate surface area is 184 Å². The first-order valence-electron chi connectivity index (χ1n) is 9.68. The number of carbonyl (C=O) groups is 1. The van der Waals surface area contributed by atoms with Gasteiger partial charge in [-0.2, -0.15) is 5.10 Å². The second-order valence-corrected chi connectivity index (χ2v) is 7.17. The van der Waals surface area contributed by atoms with E-state index < -0.39 is 0 Å². The first kappa shape index (κ1) is 22.6. The van der Waals surface area contributed by atoms with E-state index in [0.717, 1.165) is 17.0 Å². The third-order valence-electron chi connectivity index (χ3n) is 4.33. The second-order valence-electron chi connectivity index (χ2n) is 6.40. The van der Waals surface area contributed by atoms with Gasteiger partial charge in [0.05, 0.1) is 31.8 Å². The molecule has 0 aliphatic carbocycles. The predicted octanol–water partition coefficient (Wildman–Crippen LogP) is 1.81. The minimum absolute atomic E-state index is 0.0709. The number of fused-ring (bicyclic) bond motifs is 1. The van der Waals surface area contributed by atoms with Crippen molar-refractivity contribution in [2.45, 2.75) is 11.7 Å². The molecule has 3 rings (SSSR count). The Hall–Kier alpha value is -3.05. The Balaban J connectivity index is 1.55. The van der Waals surface area contributed by atoms with E-state index >= 15 is 0 Å². The van der Waals surface area contributed by atoms with Crippen molar-refractivity contribution in [3.8, 4) is 11.5 Å². The van der Waals surface area contributed by atoms with Crippen LogP contribution < -0.4 is 20.1 Å². The van der Waals surface area contributed by atoms with Crippen LogP contribution in [0.1, 0.15) is 0 Å². The number of thioether (sulfide) groups is 1. The Morgan fingerprint density at radius 3 is 2.61 bits per heavy atom. The summed E-state index contributed by atoms with van der Waals surface area (Å²) in [6.07, 6.45) is 3.65. The van der Waals surface area contributed by atoms with Gasteiger partial charge in [-0.15, -0.1) is 0 Å². The zero-order chi connectivity index (χ0) is 22.1. The number of aromatic nitrogens is 4. The van der Waals surface area contributed by atoms with E-state index in [2.05, 4.69) is 25.7 Å². The molecule has 166 valence electrons. The summed E-state index contributed by atoms with van der Waals surface area (Å²) in [7, 11) is 3.25. The van der Waals surface area contributed by atoms with Gasteiger partial charge >= 0.3 is 0 Å². The van der Waals surface area contributed by atoms with Crippen LogP contribution in [0.5, 0.6) is 11.5 Å². The maximum atomic E-state index is 12.1. The van der Waals surface area contributed by atoms with E-state index in [1.54, 1.807) is 49.4 Å². The second kappa shape index (κ2) is 11.4. The molecular weight excluding hydrogens is 420 g/mol. The molecule has 2 N–H and O–H groups in total. The molecule has 1 aromatic carbocycles. The third kappa shape index (κ3) is 6.22. The van der Waals surface area contributed by atoms with Gasteiger partial charge in [0, 0.05) is 20.2 Å². The molecule has 11 heteroatoms. The van der Waals surface area contributed by atoms with Crippen LogP contribution >= 0.6 is 11.8 Å². The van der Waals surface area contributed by atoms with Gasteiger partial charge in [-0.3, -0.25) is 4.79 Å². The normalized spacial score (nSPS) is 10.8. The van der Waals surface area contributed by atoms with Crippen molar-refractivity contribution in [2.75, 3.05) is 52.1 Å². The highest BCUT2D eigenvalue weighted by atomic mass is 32.2. The molecule has 0 bridgehead atoms. The van der Waals surface area contributed by atoms with Crippen molar-refractivity contribution in [1.29, 1.82) is 0 Å². The van der Waals surface area contributed by atoms with E-state index in [1.807, 2.05) is 6.26 Å². The number of methoxy groups -OCH3 is 2. The number of ether oxygens (including phenoxy) is 3. The molecule has 0 unspecified atom stereocenters. The van der Waals surface area contributed by atoms with Crippen LogP contribution in [0.4, 0.5) is 5.82 Å². The van der Waals surface area contributed by atoms with Crippen molar-refractivity contribution < 1.29 is 19.0 Å². The predicted molar refractivity (Wildman–Crippen MR) is 119 cm³/mol. The van der Waals surface area contributed by atoms with Gasteiger partial charge in [-0.25, -0.2) is 14.6 Å². The lowest BCUT2D eigenvalue weighted by Crippen LogP contribution is -2.31. The highest BCUT2D eigenvalue weighted by Crippen LogP contribution is 2.23. The topological polar surface area (TPSA) is 112 Å². The van der Waals surface area contributed by atoms with Crippen molar-refractivity contribution in [1.82, 2.24) is 25.1 Å². The molecule has 2 heterocycles. The standard InChI is InChI=1S/C20H26N6O4S/c1-28-11-9-22-18-16-12-23-26(19(16)25-20(24-18)31-3)10-8-21-17(27)13-30-15-6-4-14(29-2)5-7-15/h4-7,12H,8-11,13H2,1-3H3,(H,21,27)(H,22,24,25). The lowest BCUT2D eigenvalue weighted by molar-refractivity contribution is -0.123. The number of nitrogens with one attached hydrogen (secondary N) is 2. The maximum Gasteiger partial charge on any atom is 0.258 e. The largest absolute Gasteiger partial charge is 0.497 e. The van der Waals surface area contributed by atoms with E-state index in [9.17, 15) is 4.79 Å². The molecule has 0 saturated carbocycles. The van der Waals surface area contributed by atoms with Crippen LogP contribution in [0.25, 0.3) is 11.0 Å². The minimum Gasteiger partial charge on any atom is -0.497 e. The quantitative estimate of drug-likeness (QED) is 0.244. The van der Waals surface area contributed by atoms with Gasteiger partial charge in [0.15, 0.2) is 17.4 Å². The molecular formula is C20H26N6O4S. The molecule has 0 saturated heterocycles. The van der Waals surface area contributed by atoms with E-state index in [-0.39, 0.29) is 12.5 Å². The van der Waals surface area contributed by atoms with Gasteiger partial charge in [-0.1, -0.05) is 11.8 Å². The zero-order valence-electron chi connectivity index (χ0n) is 17.8. The van der Waals surface area contributed by atoms with Crippen LogP contribution in [0.15, 0.2) is 35.6 Å². The third-order valence-corrected chi connectivity index (χ3v) is 4.88. The molecule has 2 aromatic heterocycles. The number of rotatable bonds is 12. The minimum atomic E-state index is -0.214. The molecule has 0 atom stereocenters. The molecule has 31 heavy (non-hydrogen) atoms. The number of benzene rings is 1. The summed E-state index contributed by atoms with van der Waals surface area (Å²) in [4.78, 5) is 21.2. The molecule has 10 nitrogen and oxygen atoms in total. The van der Waals surface area contributed by atoms with Crippen molar-refractivity contribution >= 4 is 34.5 Å². The lowest BCUT2D eigenvalue weighted by Gasteiger charge is -2.10.